The molecule has 1 saturated heterocycles. The highest BCUT2D eigenvalue weighted by atomic mass is 16.2. The molecule has 0 bridgehead atoms. The fourth-order valence-electron chi connectivity index (χ4n) is 2.84. The van der Waals surface area contributed by atoms with Crippen molar-refractivity contribution in [1.82, 2.24) is 20.5 Å². The number of carbonyl (C=O) groups excluding carboxylic acids is 2. The topological polar surface area (TPSA) is 77.2 Å². The Hall–Kier alpha value is -2.50. The number of aromatic amines is 1. The zero-order valence-electron chi connectivity index (χ0n) is 12.6. The van der Waals surface area contributed by atoms with Gasteiger partial charge in [0.25, 0.3) is 0 Å². The SMILES string of the molecule is CC(=O)N[C@@H]1CCN(C(=O)NCc2ccc3cc[nH]c3c2)C1. The Morgan fingerprint density at radius 3 is 3.05 bits per heavy atom. The van der Waals surface area contributed by atoms with Crippen LogP contribution in [0.15, 0.2) is 30.5 Å². The van der Waals surface area contributed by atoms with E-state index in [4.69, 9.17) is 0 Å². The summed E-state index contributed by atoms with van der Waals surface area (Å²) < 4.78 is 0. The number of carbonyl (C=O) groups is 2. The van der Waals surface area contributed by atoms with E-state index < -0.39 is 0 Å². The van der Waals surface area contributed by atoms with Crippen molar-refractivity contribution in [2.45, 2.75) is 25.9 Å². The number of H-pyrrole nitrogens is 1. The van der Waals surface area contributed by atoms with Gasteiger partial charge in [0.2, 0.25) is 5.91 Å². The molecule has 1 fully saturated rings. The van der Waals surface area contributed by atoms with E-state index in [0.717, 1.165) is 22.9 Å². The molecule has 22 heavy (non-hydrogen) atoms. The molecule has 2 heterocycles. The van der Waals surface area contributed by atoms with Crippen molar-refractivity contribution in [1.29, 1.82) is 0 Å². The van der Waals surface area contributed by atoms with Gasteiger partial charge in [-0.25, -0.2) is 4.79 Å². The Labute approximate surface area is 128 Å². The molecule has 1 aliphatic rings. The Morgan fingerprint density at radius 1 is 1.36 bits per heavy atom. The molecule has 0 unspecified atom stereocenters. The lowest BCUT2D eigenvalue weighted by Crippen LogP contribution is -2.41. The van der Waals surface area contributed by atoms with Crippen LogP contribution in [0.3, 0.4) is 0 Å². The fourth-order valence-corrected chi connectivity index (χ4v) is 2.84. The van der Waals surface area contributed by atoms with Gasteiger partial charge in [0.1, 0.15) is 0 Å². The Bertz CT molecular complexity index is 694. The van der Waals surface area contributed by atoms with Gasteiger partial charge < -0.3 is 20.5 Å². The molecule has 6 heteroatoms. The second-order valence-corrected chi connectivity index (χ2v) is 5.69. The third kappa shape index (κ3) is 3.21. The largest absolute Gasteiger partial charge is 0.361 e. The number of hydrogen-bond acceptors (Lipinski definition) is 2. The monoisotopic (exact) mass is 300 g/mol. The molecule has 3 amide bonds. The van der Waals surface area contributed by atoms with Crippen molar-refractivity contribution < 1.29 is 9.59 Å². The number of nitrogens with one attached hydrogen (secondary N) is 3. The minimum atomic E-state index is -0.0839. The van der Waals surface area contributed by atoms with E-state index in [1.54, 1.807) is 4.90 Å². The molecule has 116 valence electrons. The summed E-state index contributed by atoms with van der Waals surface area (Å²) >= 11 is 0. The lowest BCUT2D eigenvalue weighted by atomic mass is 10.1. The van der Waals surface area contributed by atoms with Crippen LogP contribution < -0.4 is 10.6 Å². The molecule has 1 aromatic carbocycles. The van der Waals surface area contributed by atoms with Crippen molar-refractivity contribution in [2.24, 2.45) is 0 Å². The highest BCUT2D eigenvalue weighted by molar-refractivity contribution is 5.80. The van der Waals surface area contributed by atoms with Gasteiger partial charge in [-0.2, -0.15) is 0 Å². The minimum absolute atomic E-state index is 0.0495. The molecule has 0 aliphatic carbocycles. The normalized spacial score (nSPS) is 17.7. The smallest absolute Gasteiger partial charge is 0.317 e. The maximum atomic E-state index is 12.2. The first-order chi connectivity index (χ1) is 10.6. The van der Waals surface area contributed by atoms with Gasteiger partial charge in [-0.15, -0.1) is 0 Å². The average molecular weight is 300 g/mol. The van der Waals surface area contributed by atoms with E-state index in [0.29, 0.717) is 19.6 Å². The maximum absolute atomic E-state index is 12.2. The number of rotatable bonds is 3. The molecule has 0 spiro atoms. The van der Waals surface area contributed by atoms with E-state index in [1.165, 1.54) is 6.92 Å². The predicted molar refractivity (Wildman–Crippen MR) is 84.3 cm³/mol. The van der Waals surface area contributed by atoms with Crippen molar-refractivity contribution in [2.75, 3.05) is 13.1 Å². The van der Waals surface area contributed by atoms with Gasteiger partial charge >= 0.3 is 6.03 Å². The van der Waals surface area contributed by atoms with Gasteiger partial charge in [0, 0.05) is 44.3 Å². The van der Waals surface area contributed by atoms with Crippen molar-refractivity contribution in [3.63, 3.8) is 0 Å². The molecule has 6 nitrogen and oxygen atoms in total. The zero-order chi connectivity index (χ0) is 15.5. The van der Waals surface area contributed by atoms with Gasteiger partial charge in [-0.1, -0.05) is 12.1 Å². The lowest BCUT2D eigenvalue weighted by molar-refractivity contribution is -0.119. The minimum Gasteiger partial charge on any atom is -0.361 e. The number of urea groups is 1. The lowest BCUT2D eigenvalue weighted by Gasteiger charge is -2.17. The van der Waals surface area contributed by atoms with Gasteiger partial charge in [0.15, 0.2) is 0 Å². The van der Waals surface area contributed by atoms with Gasteiger partial charge in [-0.3, -0.25) is 4.79 Å². The van der Waals surface area contributed by atoms with E-state index in [-0.39, 0.29) is 18.0 Å². The summed E-state index contributed by atoms with van der Waals surface area (Å²) in [6.45, 7) is 3.24. The van der Waals surface area contributed by atoms with Crippen molar-refractivity contribution in [3.05, 3.63) is 36.0 Å². The Morgan fingerprint density at radius 2 is 2.23 bits per heavy atom. The highest BCUT2D eigenvalue weighted by Gasteiger charge is 2.26. The number of likely N-dealkylation sites (tertiary alicyclic amines) is 1. The number of amides is 3. The van der Waals surface area contributed by atoms with Crippen LogP contribution in [-0.2, 0) is 11.3 Å². The van der Waals surface area contributed by atoms with Crippen LogP contribution in [0.25, 0.3) is 10.9 Å². The van der Waals surface area contributed by atoms with Crippen LogP contribution in [0.4, 0.5) is 4.79 Å². The second-order valence-electron chi connectivity index (χ2n) is 5.69. The van der Waals surface area contributed by atoms with E-state index in [1.807, 2.05) is 30.5 Å². The number of nitrogens with zero attached hydrogens (tertiary/aromatic N) is 1. The zero-order valence-corrected chi connectivity index (χ0v) is 12.6. The molecule has 3 N–H and O–H groups in total. The van der Waals surface area contributed by atoms with Crippen LogP contribution in [0.5, 0.6) is 0 Å². The summed E-state index contributed by atoms with van der Waals surface area (Å²) in [4.78, 5) is 28.1. The van der Waals surface area contributed by atoms with E-state index >= 15 is 0 Å². The number of benzene rings is 1. The van der Waals surface area contributed by atoms with E-state index in [9.17, 15) is 9.59 Å². The van der Waals surface area contributed by atoms with Gasteiger partial charge in [-0.05, 0) is 29.5 Å². The average Bonchev–Trinajstić information content (AvgIpc) is 3.12. The molecule has 2 aromatic rings. The maximum Gasteiger partial charge on any atom is 0.317 e. The first-order valence-corrected chi connectivity index (χ1v) is 7.48. The summed E-state index contributed by atoms with van der Waals surface area (Å²) in [6, 6.07) is 8.10. The molecule has 1 atom stereocenters. The standard InChI is InChI=1S/C16H20N4O2/c1-11(21)19-14-5-7-20(10-14)16(22)18-9-12-2-3-13-4-6-17-15(13)8-12/h2-4,6,8,14,17H,5,7,9-10H2,1H3,(H,18,22)(H,19,21)/t14-/m1/s1. The first kappa shape index (κ1) is 14.4. The Balaban J connectivity index is 1.53. The highest BCUT2D eigenvalue weighted by Crippen LogP contribution is 2.14. The molecule has 0 saturated carbocycles. The van der Waals surface area contributed by atoms with E-state index in [2.05, 4.69) is 15.6 Å². The second kappa shape index (κ2) is 6.09. The quantitative estimate of drug-likeness (QED) is 0.805. The van der Waals surface area contributed by atoms with Crippen LogP contribution in [0.2, 0.25) is 0 Å². The third-order valence-corrected chi connectivity index (χ3v) is 3.95. The molecular weight excluding hydrogens is 280 g/mol. The van der Waals surface area contributed by atoms with Crippen molar-refractivity contribution in [3.8, 4) is 0 Å². The molecular formula is C16H20N4O2. The third-order valence-electron chi connectivity index (χ3n) is 3.95. The Kier molecular flexibility index (Phi) is 4.00. The van der Waals surface area contributed by atoms with Crippen LogP contribution in [-0.4, -0.2) is 41.0 Å². The first-order valence-electron chi connectivity index (χ1n) is 7.48. The van der Waals surface area contributed by atoms with Crippen LogP contribution in [0, 0.1) is 0 Å². The summed E-state index contributed by atoms with van der Waals surface area (Å²) in [5, 5.41) is 6.94. The molecule has 1 aromatic heterocycles. The molecule has 0 radical (unpaired) electrons. The number of fused-ring (bicyclic) bond motifs is 1. The predicted octanol–water partition coefficient (Wildman–Crippen LogP) is 1.59. The summed E-state index contributed by atoms with van der Waals surface area (Å²) in [7, 11) is 0. The van der Waals surface area contributed by atoms with Gasteiger partial charge in [0.05, 0.1) is 0 Å². The molecule has 3 rings (SSSR count). The summed E-state index contributed by atoms with van der Waals surface area (Å²) in [6.07, 6.45) is 2.71. The van der Waals surface area contributed by atoms with Crippen molar-refractivity contribution >= 4 is 22.8 Å². The fraction of sp³-hybridized carbons (Fsp3) is 0.375. The number of aromatic nitrogens is 1. The number of hydrogen-bond donors (Lipinski definition) is 3. The molecule has 1 aliphatic heterocycles. The van der Waals surface area contributed by atoms with Crippen LogP contribution in [0.1, 0.15) is 18.9 Å². The summed E-state index contributed by atoms with van der Waals surface area (Å²) in [5.41, 5.74) is 2.12. The summed E-state index contributed by atoms with van der Waals surface area (Å²) in [5.74, 6) is -0.0495. The van der Waals surface area contributed by atoms with Crippen LogP contribution >= 0.6 is 0 Å².